The molecule has 0 aromatic carbocycles. The molecule has 17 heavy (non-hydrogen) atoms. The van der Waals surface area contributed by atoms with Crippen molar-refractivity contribution in [3.8, 4) is 0 Å². The summed E-state index contributed by atoms with van der Waals surface area (Å²) in [5, 5.41) is 0. The molecule has 0 aromatic heterocycles. The van der Waals surface area contributed by atoms with Crippen LogP contribution in [0.1, 0.15) is 13.8 Å². The maximum absolute atomic E-state index is 11.3. The SMILES string of the molecule is C=C(C)C(=O)OCC(=O)O[C@H]1CSC[C@H](C)O1. The number of carbonyl (C=O) groups is 2. The lowest BCUT2D eigenvalue weighted by Gasteiger charge is -2.26. The molecule has 1 aliphatic rings. The molecule has 1 rings (SSSR count). The van der Waals surface area contributed by atoms with Crippen molar-refractivity contribution in [1.29, 1.82) is 0 Å². The first-order valence-corrected chi connectivity index (χ1v) is 6.40. The fraction of sp³-hybridized carbons (Fsp3) is 0.636. The molecule has 96 valence electrons. The third kappa shape index (κ3) is 5.23. The quantitative estimate of drug-likeness (QED) is 0.558. The van der Waals surface area contributed by atoms with Gasteiger partial charge in [-0.15, -0.1) is 0 Å². The summed E-state index contributed by atoms with van der Waals surface area (Å²) >= 11 is 1.66. The van der Waals surface area contributed by atoms with Gasteiger partial charge in [0.2, 0.25) is 6.29 Å². The monoisotopic (exact) mass is 260 g/mol. The van der Waals surface area contributed by atoms with Crippen LogP contribution in [-0.4, -0.2) is 42.4 Å². The Kier molecular flexibility index (Phi) is 5.50. The van der Waals surface area contributed by atoms with E-state index in [1.165, 1.54) is 6.92 Å². The molecule has 0 saturated carbocycles. The number of hydrogen-bond acceptors (Lipinski definition) is 6. The number of thioether (sulfide) groups is 1. The third-order valence-electron chi connectivity index (χ3n) is 1.92. The Morgan fingerprint density at radius 3 is 2.76 bits per heavy atom. The van der Waals surface area contributed by atoms with Gasteiger partial charge in [0, 0.05) is 11.3 Å². The van der Waals surface area contributed by atoms with Crippen LogP contribution in [0, 0.1) is 0 Å². The lowest BCUT2D eigenvalue weighted by atomic mass is 10.4. The van der Waals surface area contributed by atoms with Crippen molar-refractivity contribution in [3.05, 3.63) is 12.2 Å². The second-order valence-corrected chi connectivity index (χ2v) is 4.83. The minimum Gasteiger partial charge on any atom is -0.450 e. The molecule has 0 spiro atoms. The minimum absolute atomic E-state index is 0.0597. The van der Waals surface area contributed by atoms with Crippen LogP contribution in [0.25, 0.3) is 0 Å². The summed E-state index contributed by atoms with van der Waals surface area (Å²) in [6, 6.07) is 0. The molecular weight excluding hydrogens is 244 g/mol. The molecule has 1 heterocycles. The zero-order chi connectivity index (χ0) is 12.8. The van der Waals surface area contributed by atoms with Gasteiger partial charge in [-0.05, 0) is 13.8 Å². The fourth-order valence-electron chi connectivity index (χ4n) is 1.16. The van der Waals surface area contributed by atoms with Crippen molar-refractivity contribution < 1.29 is 23.8 Å². The second-order valence-electron chi connectivity index (χ2n) is 3.76. The Morgan fingerprint density at radius 2 is 2.18 bits per heavy atom. The molecule has 1 fully saturated rings. The van der Waals surface area contributed by atoms with Crippen LogP contribution in [0.5, 0.6) is 0 Å². The number of ether oxygens (including phenoxy) is 3. The average molecular weight is 260 g/mol. The molecule has 6 heteroatoms. The molecule has 0 aliphatic carbocycles. The highest BCUT2D eigenvalue weighted by molar-refractivity contribution is 7.99. The summed E-state index contributed by atoms with van der Waals surface area (Å²) in [5.41, 5.74) is 0.246. The number of carbonyl (C=O) groups excluding carboxylic acids is 2. The maximum Gasteiger partial charge on any atom is 0.346 e. The third-order valence-corrected chi connectivity index (χ3v) is 3.14. The molecule has 0 aromatic rings. The highest BCUT2D eigenvalue weighted by Gasteiger charge is 2.23. The minimum atomic E-state index is -0.612. The van der Waals surface area contributed by atoms with Gasteiger partial charge in [0.1, 0.15) is 0 Å². The molecule has 0 radical (unpaired) electrons. The zero-order valence-corrected chi connectivity index (χ0v) is 10.7. The Morgan fingerprint density at radius 1 is 1.47 bits per heavy atom. The van der Waals surface area contributed by atoms with Crippen molar-refractivity contribution in [1.82, 2.24) is 0 Å². The van der Waals surface area contributed by atoms with Crippen LogP contribution >= 0.6 is 11.8 Å². The number of esters is 2. The predicted octanol–water partition coefficient (Wildman–Crippen LogP) is 1.13. The fourth-order valence-corrected chi connectivity index (χ4v) is 2.04. The van der Waals surface area contributed by atoms with Gasteiger partial charge in [-0.1, -0.05) is 6.58 Å². The lowest BCUT2D eigenvalue weighted by Crippen LogP contribution is -2.34. The smallest absolute Gasteiger partial charge is 0.346 e. The van der Waals surface area contributed by atoms with E-state index < -0.39 is 24.8 Å². The first-order chi connectivity index (χ1) is 7.99. The van der Waals surface area contributed by atoms with Crippen molar-refractivity contribution in [3.63, 3.8) is 0 Å². The van der Waals surface area contributed by atoms with Crippen LogP contribution in [-0.2, 0) is 23.8 Å². The summed E-state index contributed by atoms with van der Waals surface area (Å²) in [7, 11) is 0. The normalized spacial score (nSPS) is 23.9. The van der Waals surface area contributed by atoms with E-state index in [0.717, 1.165) is 5.75 Å². The van der Waals surface area contributed by atoms with Gasteiger partial charge in [0.25, 0.3) is 0 Å². The highest BCUT2D eigenvalue weighted by Crippen LogP contribution is 2.18. The molecule has 2 atom stereocenters. The number of hydrogen-bond donors (Lipinski definition) is 0. The van der Waals surface area contributed by atoms with Crippen LogP contribution in [0.3, 0.4) is 0 Å². The summed E-state index contributed by atoms with van der Waals surface area (Å²) in [5.74, 6) is 0.275. The van der Waals surface area contributed by atoms with Gasteiger partial charge in [0.15, 0.2) is 6.61 Å². The van der Waals surface area contributed by atoms with Gasteiger partial charge in [-0.25, -0.2) is 9.59 Å². The summed E-state index contributed by atoms with van der Waals surface area (Å²) in [6.45, 7) is 6.41. The standard InChI is InChI=1S/C11H16O5S/c1-7(2)11(13)14-4-9(12)16-10-6-17-5-8(3)15-10/h8,10H,1,4-6H2,2-3H3/t8-,10-/m0/s1. The Bertz CT molecular complexity index is 315. The summed E-state index contributed by atoms with van der Waals surface area (Å²) in [4.78, 5) is 22.4. The lowest BCUT2D eigenvalue weighted by molar-refractivity contribution is -0.187. The molecule has 0 N–H and O–H groups in total. The maximum atomic E-state index is 11.3. The van der Waals surface area contributed by atoms with E-state index in [1.807, 2.05) is 6.92 Å². The largest absolute Gasteiger partial charge is 0.450 e. The van der Waals surface area contributed by atoms with Crippen molar-refractivity contribution in [2.75, 3.05) is 18.1 Å². The van der Waals surface area contributed by atoms with Crippen LogP contribution in [0.2, 0.25) is 0 Å². The molecule has 1 aliphatic heterocycles. The van der Waals surface area contributed by atoms with E-state index in [4.69, 9.17) is 9.47 Å². The Balaban J connectivity index is 2.25. The van der Waals surface area contributed by atoms with Crippen LogP contribution in [0.4, 0.5) is 0 Å². The second kappa shape index (κ2) is 6.66. The van der Waals surface area contributed by atoms with E-state index in [0.29, 0.717) is 5.75 Å². The van der Waals surface area contributed by atoms with E-state index in [-0.39, 0.29) is 11.7 Å². The predicted molar refractivity (Wildman–Crippen MR) is 63.5 cm³/mol. The molecular formula is C11H16O5S. The first-order valence-electron chi connectivity index (χ1n) is 5.24. The van der Waals surface area contributed by atoms with Gasteiger partial charge < -0.3 is 14.2 Å². The van der Waals surface area contributed by atoms with Crippen LogP contribution in [0.15, 0.2) is 12.2 Å². The van der Waals surface area contributed by atoms with Crippen molar-refractivity contribution in [2.24, 2.45) is 0 Å². The van der Waals surface area contributed by atoms with Crippen molar-refractivity contribution in [2.45, 2.75) is 26.2 Å². The van der Waals surface area contributed by atoms with Gasteiger partial charge in [0.05, 0.1) is 11.9 Å². The summed E-state index contributed by atoms with van der Waals surface area (Å²) in [6.07, 6.45) is -0.496. The Labute approximate surface area is 104 Å². The van der Waals surface area contributed by atoms with Gasteiger partial charge >= 0.3 is 11.9 Å². The van der Waals surface area contributed by atoms with E-state index in [1.54, 1.807) is 11.8 Å². The number of rotatable bonds is 4. The zero-order valence-electron chi connectivity index (χ0n) is 9.93. The topological polar surface area (TPSA) is 61.8 Å². The molecule has 5 nitrogen and oxygen atoms in total. The van der Waals surface area contributed by atoms with E-state index in [2.05, 4.69) is 11.3 Å². The molecule has 0 unspecified atom stereocenters. The van der Waals surface area contributed by atoms with Crippen LogP contribution < -0.4 is 0 Å². The highest BCUT2D eigenvalue weighted by atomic mass is 32.2. The van der Waals surface area contributed by atoms with Gasteiger partial charge in [-0.3, -0.25) is 0 Å². The first kappa shape index (κ1) is 14.1. The average Bonchev–Trinajstić information content (AvgIpc) is 2.25. The Hall–Kier alpha value is -1.01. The molecule has 0 bridgehead atoms. The molecule has 0 amide bonds. The summed E-state index contributed by atoms with van der Waals surface area (Å²) < 4.78 is 15.1. The molecule has 1 saturated heterocycles. The van der Waals surface area contributed by atoms with Gasteiger partial charge in [-0.2, -0.15) is 11.8 Å². The van der Waals surface area contributed by atoms with E-state index >= 15 is 0 Å². The van der Waals surface area contributed by atoms with Crippen molar-refractivity contribution >= 4 is 23.7 Å². The van der Waals surface area contributed by atoms with E-state index in [9.17, 15) is 9.59 Å².